The molecule has 128 valence electrons. The van der Waals surface area contributed by atoms with Crippen LogP contribution in [-0.4, -0.2) is 37.8 Å². The summed E-state index contributed by atoms with van der Waals surface area (Å²) in [6, 6.07) is 4.50. The molecule has 1 aromatic rings. The Bertz CT molecular complexity index is 519. The minimum Gasteiger partial charge on any atom is -0.497 e. The molecule has 2 atom stereocenters. The van der Waals surface area contributed by atoms with E-state index in [-0.39, 0.29) is 17.7 Å². The molecule has 0 aromatic heterocycles. The summed E-state index contributed by atoms with van der Waals surface area (Å²) in [5, 5.41) is 15.7. The van der Waals surface area contributed by atoms with Gasteiger partial charge in [-0.3, -0.25) is 4.79 Å². The number of carboxylic acid groups (broad SMARTS) is 1. The molecule has 2 rings (SSSR count). The van der Waals surface area contributed by atoms with Gasteiger partial charge in [0.1, 0.15) is 11.6 Å². The molecule has 5 nitrogen and oxygen atoms in total. The van der Waals surface area contributed by atoms with Crippen molar-refractivity contribution in [3.8, 4) is 5.75 Å². The molecule has 23 heavy (non-hydrogen) atoms. The average molecular weight is 324 g/mol. The summed E-state index contributed by atoms with van der Waals surface area (Å²) in [6.45, 7) is 2.40. The zero-order valence-corrected chi connectivity index (χ0v) is 13.5. The number of hydrogen-bond acceptors (Lipinski definition) is 4. The Kier molecular flexibility index (Phi) is 6.65. The lowest BCUT2D eigenvalue weighted by Gasteiger charge is -2.18. The SMILES string of the molecule is COc1cc(F)cc(NCCCC[C@H](C(=O)O)[C@H]2CCNC2)c1. The Balaban J connectivity index is 1.72. The second-order valence-electron chi connectivity index (χ2n) is 6.00. The Morgan fingerprint density at radius 2 is 2.30 bits per heavy atom. The molecule has 0 bridgehead atoms. The molecule has 0 amide bonds. The number of rotatable bonds is 9. The summed E-state index contributed by atoms with van der Waals surface area (Å²) in [4.78, 5) is 11.4. The molecule has 0 spiro atoms. The van der Waals surface area contributed by atoms with Crippen molar-refractivity contribution in [2.24, 2.45) is 11.8 Å². The summed E-state index contributed by atoms with van der Waals surface area (Å²) in [6.07, 6.45) is 3.32. The second-order valence-corrected chi connectivity index (χ2v) is 6.00. The standard InChI is InChI=1S/C17H25FN2O3/c1-23-15-9-13(18)8-14(10-15)20-6-3-2-4-16(17(21)22)12-5-7-19-11-12/h8-10,12,16,19-20H,2-7,11H2,1H3,(H,21,22)/t12-,16-/m0/s1. The van der Waals surface area contributed by atoms with E-state index in [1.807, 2.05) is 0 Å². The Morgan fingerprint density at radius 3 is 2.96 bits per heavy atom. The van der Waals surface area contributed by atoms with E-state index in [2.05, 4.69) is 10.6 Å². The van der Waals surface area contributed by atoms with E-state index in [9.17, 15) is 14.3 Å². The van der Waals surface area contributed by atoms with Crippen LogP contribution in [0, 0.1) is 17.7 Å². The first-order valence-corrected chi connectivity index (χ1v) is 8.12. The maximum Gasteiger partial charge on any atom is 0.306 e. The molecule has 1 aromatic carbocycles. The van der Waals surface area contributed by atoms with Gasteiger partial charge in [0.15, 0.2) is 0 Å². The van der Waals surface area contributed by atoms with Gasteiger partial charge in [0.05, 0.1) is 13.0 Å². The van der Waals surface area contributed by atoms with Crippen molar-refractivity contribution in [3.63, 3.8) is 0 Å². The van der Waals surface area contributed by atoms with Crippen molar-refractivity contribution >= 4 is 11.7 Å². The smallest absolute Gasteiger partial charge is 0.306 e. The number of methoxy groups -OCH3 is 1. The number of carbonyl (C=O) groups is 1. The first kappa shape index (κ1) is 17.5. The number of benzene rings is 1. The maximum absolute atomic E-state index is 13.4. The van der Waals surface area contributed by atoms with Gasteiger partial charge < -0.3 is 20.5 Å². The molecule has 1 fully saturated rings. The van der Waals surface area contributed by atoms with Crippen LogP contribution in [0.4, 0.5) is 10.1 Å². The third-order valence-electron chi connectivity index (χ3n) is 4.36. The quantitative estimate of drug-likeness (QED) is 0.609. The summed E-state index contributed by atoms with van der Waals surface area (Å²) in [5.41, 5.74) is 0.677. The summed E-state index contributed by atoms with van der Waals surface area (Å²) in [5.74, 6) is -0.576. The van der Waals surface area contributed by atoms with Crippen molar-refractivity contribution < 1.29 is 19.0 Å². The third kappa shape index (κ3) is 5.39. The van der Waals surface area contributed by atoms with E-state index in [0.717, 1.165) is 32.4 Å². The lowest BCUT2D eigenvalue weighted by molar-refractivity contribution is -0.143. The van der Waals surface area contributed by atoms with E-state index < -0.39 is 5.97 Å². The molecule has 1 heterocycles. The summed E-state index contributed by atoms with van der Waals surface area (Å²) < 4.78 is 18.4. The van der Waals surface area contributed by atoms with E-state index in [1.165, 1.54) is 19.2 Å². The van der Waals surface area contributed by atoms with Crippen molar-refractivity contribution in [2.75, 3.05) is 32.1 Å². The van der Waals surface area contributed by atoms with Gasteiger partial charge in [-0.2, -0.15) is 0 Å². The number of nitrogens with one attached hydrogen (secondary N) is 2. The van der Waals surface area contributed by atoms with E-state index >= 15 is 0 Å². The normalized spacial score (nSPS) is 18.6. The number of unbranched alkanes of at least 4 members (excludes halogenated alkanes) is 1. The zero-order valence-electron chi connectivity index (χ0n) is 13.5. The van der Waals surface area contributed by atoms with Crippen LogP contribution < -0.4 is 15.4 Å². The Labute approximate surface area is 136 Å². The topological polar surface area (TPSA) is 70.6 Å². The monoisotopic (exact) mass is 324 g/mol. The zero-order chi connectivity index (χ0) is 16.7. The lowest BCUT2D eigenvalue weighted by atomic mass is 9.87. The minimum absolute atomic E-state index is 0.243. The van der Waals surface area contributed by atoms with E-state index in [0.29, 0.717) is 24.4 Å². The van der Waals surface area contributed by atoms with Gasteiger partial charge in [0.25, 0.3) is 0 Å². The molecular formula is C17H25FN2O3. The molecule has 1 aliphatic heterocycles. The summed E-state index contributed by atoms with van der Waals surface area (Å²) in [7, 11) is 1.50. The van der Waals surface area contributed by atoms with Crippen LogP contribution in [0.3, 0.4) is 0 Å². The number of hydrogen-bond donors (Lipinski definition) is 3. The highest BCUT2D eigenvalue weighted by molar-refractivity contribution is 5.70. The Hall–Kier alpha value is -1.82. The van der Waals surface area contributed by atoms with Crippen molar-refractivity contribution in [1.82, 2.24) is 5.32 Å². The molecule has 0 unspecified atom stereocenters. The number of anilines is 1. The van der Waals surface area contributed by atoms with Gasteiger partial charge in [0, 0.05) is 24.4 Å². The highest BCUT2D eigenvalue weighted by Crippen LogP contribution is 2.25. The second kappa shape index (κ2) is 8.72. The molecule has 1 saturated heterocycles. The van der Waals surface area contributed by atoms with Gasteiger partial charge in [-0.25, -0.2) is 4.39 Å². The van der Waals surface area contributed by atoms with Gasteiger partial charge in [0.2, 0.25) is 0 Å². The predicted molar refractivity (Wildman–Crippen MR) is 87.4 cm³/mol. The van der Waals surface area contributed by atoms with Gasteiger partial charge in [-0.1, -0.05) is 6.42 Å². The fourth-order valence-electron chi connectivity index (χ4n) is 3.09. The van der Waals surface area contributed by atoms with Gasteiger partial charge in [-0.15, -0.1) is 0 Å². The van der Waals surface area contributed by atoms with Crippen LogP contribution in [0.25, 0.3) is 0 Å². The molecule has 0 radical (unpaired) electrons. The lowest BCUT2D eigenvalue weighted by Crippen LogP contribution is -2.25. The van der Waals surface area contributed by atoms with Crippen LogP contribution in [0.2, 0.25) is 0 Å². The van der Waals surface area contributed by atoms with Crippen LogP contribution in [0.15, 0.2) is 18.2 Å². The van der Waals surface area contributed by atoms with Crippen LogP contribution in [0.1, 0.15) is 25.7 Å². The molecule has 0 saturated carbocycles. The van der Waals surface area contributed by atoms with Gasteiger partial charge in [-0.05, 0) is 44.3 Å². The highest BCUT2D eigenvalue weighted by Gasteiger charge is 2.29. The fraction of sp³-hybridized carbons (Fsp3) is 0.588. The molecule has 1 aliphatic rings. The molecular weight excluding hydrogens is 299 g/mol. The average Bonchev–Trinajstić information content (AvgIpc) is 3.03. The van der Waals surface area contributed by atoms with Gasteiger partial charge >= 0.3 is 5.97 Å². The minimum atomic E-state index is -0.693. The van der Waals surface area contributed by atoms with Crippen LogP contribution in [-0.2, 0) is 4.79 Å². The first-order chi connectivity index (χ1) is 11.1. The van der Waals surface area contributed by atoms with Crippen LogP contribution >= 0.6 is 0 Å². The number of ether oxygens (including phenoxy) is 1. The third-order valence-corrected chi connectivity index (χ3v) is 4.36. The number of carboxylic acids is 1. The highest BCUT2D eigenvalue weighted by atomic mass is 19.1. The summed E-state index contributed by atoms with van der Waals surface area (Å²) >= 11 is 0. The largest absolute Gasteiger partial charge is 0.497 e. The Morgan fingerprint density at radius 1 is 1.48 bits per heavy atom. The van der Waals surface area contributed by atoms with Crippen LogP contribution in [0.5, 0.6) is 5.75 Å². The molecule has 6 heteroatoms. The van der Waals surface area contributed by atoms with Crippen molar-refractivity contribution in [2.45, 2.75) is 25.7 Å². The van der Waals surface area contributed by atoms with Crippen molar-refractivity contribution in [3.05, 3.63) is 24.0 Å². The van der Waals surface area contributed by atoms with E-state index in [4.69, 9.17) is 4.74 Å². The molecule has 3 N–H and O–H groups in total. The number of halogens is 1. The molecule has 0 aliphatic carbocycles. The van der Waals surface area contributed by atoms with E-state index in [1.54, 1.807) is 6.07 Å². The number of aliphatic carboxylic acids is 1. The van der Waals surface area contributed by atoms with Crippen molar-refractivity contribution in [1.29, 1.82) is 0 Å². The predicted octanol–water partition coefficient (Wildman–Crippen LogP) is 2.73. The first-order valence-electron chi connectivity index (χ1n) is 8.12. The fourth-order valence-corrected chi connectivity index (χ4v) is 3.09. The maximum atomic E-state index is 13.4.